The van der Waals surface area contributed by atoms with Gasteiger partial charge in [-0.05, 0) is 56.9 Å². The van der Waals surface area contributed by atoms with Gasteiger partial charge < -0.3 is 20.6 Å². The predicted octanol–water partition coefficient (Wildman–Crippen LogP) is 2.40. The van der Waals surface area contributed by atoms with Crippen molar-refractivity contribution in [3.8, 4) is 17.6 Å². The Balaban J connectivity index is 1.81. The summed E-state index contributed by atoms with van der Waals surface area (Å²) in [5.41, 5.74) is 8.51. The smallest absolute Gasteiger partial charge is 0.149 e. The second-order valence-electron chi connectivity index (χ2n) is 6.11. The number of ether oxygens (including phenoxy) is 1. The number of rotatable bonds is 6. The molecule has 23 heavy (non-hydrogen) atoms. The number of aryl methyl sites for hydroxylation is 2. The van der Waals surface area contributed by atoms with Crippen LogP contribution in [0.4, 0.5) is 0 Å². The number of aliphatic hydroxyl groups excluding tert-OH is 1. The lowest BCUT2D eigenvalue weighted by Gasteiger charge is -2.20. The van der Waals surface area contributed by atoms with E-state index in [9.17, 15) is 0 Å². The normalized spacial score (nSPS) is 13.0. The summed E-state index contributed by atoms with van der Waals surface area (Å²) in [6, 6.07) is 11.8. The van der Waals surface area contributed by atoms with E-state index >= 15 is 0 Å². The topological polar surface area (TPSA) is 71.3 Å². The third-order valence-electron chi connectivity index (χ3n) is 3.63. The second kappa shape index (κ2) is 7.87. The van der Waals surface area contributed by atoms with Crippen LogP contribution < -0.4 is 10.5 Å². The number of aliphatic hydroxyl groups is 1. The Morgan fingerprint density at radius 2 is 1.96 bits per heavy atom. The molecule has 0 bridgehead atoms. The predicted molar refractivity (Wildman–Crippen MR) is 92.3 cm³/mol. The van der Waals surface area contributed by atoms with Gasteiger partial charge in [-0.15, -0.1) is 0 Å². The number of aromatic amines is 1. The fourth-order valence-electron chi connectivity index (χ4n) is 2.04. The lowest BCUT2D eigenvalue weighted by molar-refractivity contribution is 0.200. The lowest BCUT2D eigenvalue weighted by Crippen LogP contribution is -2.40. The van der Waals surface area contributed by atoms with Crippen LogP contribution in [0, 0.1) is 18.8 Å². The van der Waals surface area contributed by atoms with Crippen molar-refractivity contribution in [2.75, 3.05) is 13.2 Å². The average Bonchev–Trinajstić information content (AvgIpc) is 2.99. The maximum atomic E-state index is 9.16. The van der Waals surface area contributed by atoms with Gasteiger partial charge in [0.25, 0.3) is 0 Å². The van der Waals surface area contributed by atoms with Gasteiger partial charge in [0, 0.05) is 11.2 Å². The minimum atomic E-state index is -0.543. The Bertz CT molecular complexity index is 675. The van der Waals surface area contributed by atoms with E-state index in [1.54, 1.807) is 0 Å². The Hall–Kier alpha value is -2.22. The van der Waals surface area contributed by atoms with E-state index in [0.717, 1.165) is 23.6 Å². The first kappa shape index (κ1) is 17.1. The number of nitrogens with two attached hydrogens (primary N) is 1. The van der Waals surface area contributed by atoms with Crippen LogP contribution in [0.3, 0.4) is 0 Å². The Labute approximate surface area is 137 Å². The van der Waals surface area contributed by atoms with E-state index in [1.165, 1.54) is 5.56 Å². The average molecular weight is 312 g/mol. The van der Waals surface area contributed by atoms with Crippen LogP contribution in [0.2, 0.25) is 0 Å². The van der Waals surface area contributed by atoms with E-state index in [4.69, 9.17) is 15.6 Å². The first-order valence-corrected chi connectivity index (χ1v) is 7.74. The van der Waals surface area contributed by atoms with Crippen LogP contribution in [-0.4, -0.2) is 28.8 Å². The number of hydrogen-bond acceptors (Lipinski definition) is 3. The van der Waals surface area contributed by atoms with Crippen molar-refractivity contribution < 1.29 is 9.84 Å². The summed E-state index contributed by atoms with van der Waals surface area (Å²) in [6.45, 7) is 4.22. The fourth-order valence-corrected chi connectivity index (χ4v) is 2.04. The highest BCUT2D eigenvalue weighted by Crippen LogP contribution is 2.12. The maximum Gasteiger partial charge on any atom is 0.149 e. The van der Waals surface area contributed by atoms with E-state index in [-0.39, 0.29) is 6.61 Å². The van der Waals surface area contributed by atoms with Crippen molar-refractivity contribution in [2.45, 2.75) is 32.2 Å². The van der Waals surface area contributed by atoms with Crippen LogP contribution in [-0.2, 0) is 6.42 Å². The van der Waals surface area contributed by atoms with Crippen LogP contribution in [0.25, 0.3) is 0 Å². The summed E-state index contributed by atoms with van der Waals surface area (Å²) in [5, 5.41) is 9.16. The molecule has 0 amide bonds. The molecule has 4 heteroatoms. The fraction of sp³-hybridized carbons (Fsp3) is 0.368. The van der Waals surface area contributed by atoms with Gasteiger partial charge in [0.2, 0.25) is 0 Å². The molecule has 0 fully saturated rings. The van der Waals surface area contributed by atoms with Crippen molar-refractivity contribution in [3.63, 3.8) is 0 Å². The summed E-state index contributed by atoms with van der Waals surface area (Å²) < 4.78 is 5.56. The van der Waals surface area contributed by atoms with Crippen molar-refractivity contribution in [3.05, 3.63) is 53.3 Å². The van der Waals surface area contributed by atoms with Gasteiger partial charge in [0.1, 0.15) is 12.4 Å². The highest BCUT2D eigenvalue weighted by atomic mass is 16.5. The summed E-state index contributed by atoms with van der Waals surface area (Å²) >= 11 is 0. The van der Waals surface area contributed by atoms with Gasteiger partial charge in [-0.3, -0.25) is 0 Å². The van der Waals surface area contributed by atoms with Crippen LogP contribution in [0.1, 0.15) is 30.3 Å². The second-order valence-corrected chi connectivity index (χ2v) is 6.11. The lowest BCUT2D eigenvalue weighted by atomic mass is 9.97. The van der Waals surface area contributed by atoms with Crippen molar-refractivity contribution >= 4 is 0 Å². The molecular formula is C19H24N2O2. The van der Waals surface area contributed by atoms with E-state index in [0.29, 0.717) is 13.0 Å². The standard InChI is InChI=1S/C19H24N2O2/c1-15-5-9-18(10-6-15)23-13-3-4-16-7-8-17(21-16)11-12-19(2,20)14-22/h5-10,21-22H,11-14,20H2,1-2H3. The highest BCUT2D eigenvalue weighted by molar-refractivity contribution is 5.31. The van der Waals surface area contributed by atoms with Gasteiger partial charge >= 0.3 is 0 Å². The number of aromatic nitrogens is 1. The van der Waals surface area contributed by atoms with Gasteiger partial charge in [-0.1, -0.05) is 23.6 Å². The van der Waals surface area contributed by atoms with Gasteiger partial charge in [0.15, 0.2) is 0 Å². The summed E-state index contributed by atoms with van der Waals surface area (Å²) in [6.07, 6.45) is 1.50. The van der Waals surface area contributed by atoms with Crippen LogP contribution in [0.5, 0.6) is 5.75 Å². The van der Waals surface area contributed by atoms with E-state index < -0.39 is 5.54 Å². The monoisotopic (exact) mass is 312 g/mol. The molecule has 2 aromatic rings. The summed E-state index contributed by atoms with van der Waals surface area (Å²) in [4.78, 5) is 3.25. The van der Waals surface area contributed by atoms with Crippen LogP contribution in [0.15, 0.2) is 36.4 Å². The third-order valence-corrected chi connectivity index (χ3v) is 3.63. The molecule has 1 aromatic heterocycles. The number of benzene rings is 1. The van der Waals surface area contributed by atoms with E-state index in [2.05, 4.69) is 16.8 Å². The minimum absolute atomic E-state index is 0.0171. The molecule has 2 rings (SSSR count). The van der Waals surface area contributed by atoms with E-state index in [1.807, 2.05) is 50.2 Å². The molecule has 0 aliphatic rings. The minimum Gasteiger partial charge on any atom is -0.481 e. The van der Waals surface area contributed by atoms with Crippen molar-refractivity contribution in [1.82, 2.24) is 4.98 Å². The molecule has 122 valence electrons. The first-order chi connectivity index (χ1) is 11.0. The van der Waals surface area contributed by atoms with Crippen LogP contribution >= 0.6 is 0 Å². The zero-order valence-corrected chi connectivity index (χ0v) is 13.7. The molecule has 0 saturated heterocycles. The van der Waals surface area contributed by atoms with Gasteiger partial charge in [0.05, 0.1) is 12.3 Å². The number of nitrogens with one attached hydrogen (secondary N) is 1. The molecule has 1 unspecified atom stereocenters. The van der Waals surface area contributed by atoms with Gasteiger partial charge in [-0.2, -0.15) is 0 Å². The Kier molecular flexibility index (Phi) is 5.86. The largest absolute Gasteiger partial charge is 0.481 e. The molecule has 1 heterocycles. The highest BCUT2D eigenvalue weighted by Gasteiger charge is 2.16. The molecule has 4 N–H and O–H groups in total. The zero-order valence-electron chi connectivity index (χ0n) is 13.7. The summed E-state index contributed by atoms with van der Waals surface area (Å²) in [5.74, 6) is 6.86. The third kappa shape index (κ3) is 5.82. The maximum absolute atomic E-state index is 9.16. The molecule has 0 aliphatic carbocycles. The molecule has 1 atom stereocenters. The number of H-pyrrole nitrogens is 1. The van der Waals surface area contributed by atoms with Gasteiger partial charge in [-0.25, -0.2) is 0 Å². The zero-order chi connectivity index (χ0) is 16.7. The Morgan fingerprint density at radius 3 is 2.65 bits per heavy atom. The molecular weight excluding hydrogens is 288 g/mol. The number of hydrogen-bond donors (Lipinski definition) is 3. The summed E-state index contributed by atoms with van der Waals surface area (Å²) in [7, 11) is 0. The molecule has 0 saturated carbocycles. The molecule has 0 radical (unpaired) electrons. The van der Waals surface area contributed by atoms with Crippen molar-refractivity contribution in [2.24, 2.45) is 5.73 Å². The molecule has 0 spiro atoms. The molecule has 0 aliphatic heterocycles. The first-order valence-electron chi connectivity index (χ1n) is 7.74. The molecule has 4 nitrogen and oxygen atoms in total. The quantitative estimate of drug-likeness (QED) is 0.717. The van der Waals surface area contributed by atoms with Crippen molar-refractivity contribution in [1.29, 1.82) is 0 Å². The Morgan fingerprint density at radius 1 is 1.22 bits per heavy atom. The SMILES string of the molecule is Cc1ccc(OCC#Cc2ccc(CCC(C)(N)CO)[nH]2)cc1. The molecule has 1 aromatic carbocycles.